The number of hydrogen-bond acceptors (Lipinski definition) is 2. The quantitative estimate of drug-likeness (QED) is 0.862. The Morgan fingerprint density at radius 1 is 1.18 bits per heavy atom. The van der Waals surface area contributed by atoms with E-state index in [1.54, 1.807) is 0 Å². The van der Waals surface area contributed by atoms with E-state index in [4.69, 9.17) is 0 Å². The lowest BCUT2D eigenvalue weighted by molar-refractivity contribution is 0.226. The van der Waals surface area contributed by atoms with Crippen molar-refractivity contribution >= 4 is 0 Å². The smallest absolute Gasteiger partial charge is 0.0294 e. The predicted octanol–water partition coefficient (Wildman–Crippen LogP) is 2.74. The van der Waals surface area contributed by atoms with Gasteiger partial charge in [0.2, 0.25) is 0 Å². The van der Waals surface area contributed by atoms with Crippen molar-refractivity contribution in [1.82, 2.24) is 10.2 Å². The molecule has 1 fully saturated rings. The first-order valence-corrected chi connectivity index (χ1v) is 6.66. The van der Waals surface area contributed by atoms with Crippen LogP contribution in [0, 0.1) is 6.92 Å². The maximum atomic E-state index is 3.75. The zero-order valence-electron chi connectivity index (χ0n) is 11.2. The average Bonchev–Trinajstić information content (AvgIpc) is 2.33. The second-order valence-electron chi connectivity index (χ2n) is 5.38. The van der Waals surface area contributed by atoms with Crippen LogP contribution in [0.3, 0.4) is 0 Å². The molecule has 94 valence electrons. The number of rotatable bonds is 3. The lowest BCUT2D eigenvalue weighted by atomic mass is 10.0. The lowest BCUT2D eigenvalue weighted by Crippen LogP contribution is -2.41. The van der Waals surface area contributed by atoms with Crippen molar-refractivity contribution < 1.29 is 0 Å². The minimum atomic E-state index is 0.462. The van der Waals surface area contributed by atoms with Gasteiger partial charge in [0.05, 0.1) is 0 Å². The third-order valence-electron chi connectivity index (χ3n) is 3.78. The van der Waals surface area contributed by atoms with Crippen LogP contribution in [-0.4, -0.2) is 31.1 Å². The van der Waals surface area contributed by atoms with E-state index < -0.39 is 0 Å². The number of piperidine rings is 1. The van der Waals surface area contributed by atoms with Crippen molar-refractivity contribution in [2.45, 2.75) is 38.8 Å². The molecule has 1 aromatic rings. The number of nitrogens with one attached hydrogen (secondary N) is 1. The van der Waals surface area contributed by atoms with Crippen molar-refractivity contribution in [1.29, 1.82) is 0 Å². The molecule has 1 aromatic carbocycles. The molecule has 0 radical (unpaired) electrons. The molecule has 1 aliphatic heterocycles. The number of nitrogens with zero attached hydrogens (tertiary/aromatic N) is 1. The molecule has 0 spiro atoms. The molecule has 2 heteroatoms. The zero-order chi connectivity index (χ0) is 12.3. The summed E-state index contributed by atoms with van der Waals surface area (Å²) in [5.41, 5.74) is 2.73. The number of benzene rings is 1. The molecule has 0 amide bonds. The Hall–Kier alpha value is -0.860. The topological polar surface area (TPSA) is 15.3 Å². The van der Waals surface area contributed by atoms with Crippen LogP contribution in [0.4, 0.5) is 0 Å². The van der Waals surface area contributed by atoms with E-state index in [1.807, 2.05) is 0 Å². The van der Waals surface area contributed by atoms with Crippen LogP contribution in [0.1, 0.15) is 36.9 Å². The Kier molecular flexibility index (Phi) is 4.19. The summed E-state index contributed by atoms with van der Waals surface area (Å²) in [6, 6.07) is 10.0. The van der Waals surface area contributed by atoms with E-state index in [1.165, 1.54) is 37.1 Å². The molecule has 0 saturated carbocycles. The molecule has 1 heterocycles. The molecule has 0 unspecified atom stereocenters. The van der Waals surface area contributed by atoms with Gasteiger partial charge in [0, 0.05) is 12.1 Å². The molecular weight excluding hydrogens is 208 g/mol. The second-order valence-corrected chi connectivity index (χ2v) is 5.38. The summed E-state index contributed by atoms with van der Waals surface area (Å²) in [7, 11) is 2.21. The molecule has 1 aliphatic rings. The monoisotopic (exact) mass is 232 g/mol. The predicted molar refractivity (Wildman–Crippen MR) is 73.2 cm³/mol. The number of hydrogen-bond donors (Lipinski definition) is 1. The lowest BCUT2D eigenvalue weighted by Gasteiger charge is -2.31. The highest BCUT2D eigenvalue weighted by molar-refractivity contribution is 5.23. The van der Waals surface area contributed by atoms with E-state index in [9.17, 15) is 0 Å². The first-order chi connectivity index (χ1) is 8.15. The minimum Gasteiger partial charge on any atom is -0.307 e. The SMILES string of the molecule is Cc1ccc([C@@H](C)NC2CCN(C)CC2)cc1. The van der Waals surface area contributed by atoms with Crippen molar-refractivity contribution in [3.63, 3.8) is 0 Å². The van der Waals surface area contributed by atoms with Gasteiger partial charge >= 0.3 is 0 Å². The summed E-state index contributed by atoms with van der Waals surface area (Å²) >= 11 is 0. The Bertz CT molecular complexity index is 336. The Morgan fingerprint density at radius 3 is 2.35 bits per heavy atom. The Morgan fingerprint density at radius 2 is 1.76 bits per heavy atom. The summed E-state index contributed by atoms with van der Waals surface area (Å²) in [5, 5.41) is 3.75. The van der Waals surface area contributed by atoms with Crippen LogP contribution in [0.2, 0.25) is 0 Å². The van der Waals surface area contributed by atoms with Crippen molar-refractivity contribution in [2.75, 3.05) is 20.1 Å². The van der Waals surface area contributed by atoms with Gasteiger partial charge in [-0.3, -0.25) is 0 Å². The van der Waals surface area contributed by atoms with Crippen molar-refractivity contribution in [2.24, 2.45) is 0 Å². The van der Waals surface area contributed by atoms with Crippen molar-refractivity contribution in [3.05, 3.63) is 35.4 Å². The first kappa shape index (κ1) is 12.6. The summed E-state index contributed by atoms with van der Waals surface area (Å²) in [5.74, 6) is 0. The zero-order valence-corrected chi connectivity index (χ0v) is 11.2. The van der Waals surface area contributed by atoms with E-state index in [2.05, 4.69) is 55.4 Å². The highest BCUT2D eigenvalue weighted by Crippen LogP contribution is 2.17. The highest BCUT2D eigenvalue weighted by atomic mass is 15.1. The van der Waals surface area contributed by atoms with E-state index >= 15 is 0 Å². The van der Waals surface area contributed by atoms with Crippen LogP contribution >= 0.6 is 0 Å². The third kappa shape index (κ3) is 3.55. The van der Waals surface area contributed by atoms with Crippen LogP contribution < -0.4 is 5.32 Å². The van der Waals surface area contributed by atoms with Gasteiger partial charge in [0.1, 0.15) is 0 Å². The fourth-order valence-electron chi connectivity index (χ4n) is 2.48. The maximum Gasteiger partial charge on any atom is 0.0294 e. The van der Waals surface area contributed by atoms with E-state index in [0.717, 1.165) is 0 Å². The molecule has 2 rings (SSSR count). The van der Waals surface area contributed by atoms with Gasteiger partial charge in [0.15, 0.2) is 0 Å². The highest BCUT2D eigenvalue weighted by Gasteiger charge is 2.18. The molecule has 0 aromatic heterocycles. The van der Waals surface area contributed by atoms with Crippen LogP contribution in [0.15, 0.2) is 24.3 Å². The molecule has 17 heavy (non-hydrogen) atoms. The molecule has 0 aliphatic carbocycles. The van der Waals surface area contributed by atoms with E-state index in [0.29, 0.717) is 12.1 Å². The normalized spacial score (nSPS) is 20.4. The minimum absolute atomic E-state index is 0.462. The summed E-state index contributed by atoms with van der Waals surface area (Å²) in [6.07, 6.45) is 2.54. The fraction of sp³-hybridized carbons (Fsp3) is 0.600. The molecule has 0 bridgehead atoms. The van der Waals surface area contributed by atoms with Gasteiger partial charge in [-0.2, -0.15) is 0 Å². The second kappa shape index (κ2) is 5.65. The van der Waals surface area contributed by atoms with Crippen LogP contribution in [-0.2, 0) is 0 Å². The molecule has 1 saturated heterocycles. The summed E-state index contributed by atoms with van der Waals surface area (Å²) in [4.78, 5) is 2.41. The van der Waals surface area contributed by atoms with Crippen LogP contribution in [0.25, 0.3) is 0 Å². The van der Waals surface area contributed by atoms with Gasteiger partial charge in [0.25, 0.3) is 0 Å². The summed E-state index contributed by atoms with van der Waals surface area (Å²) < 4.78 is 0. The third-order valence-corrected chi connectivity index (χ3v) is 3.78. The fourth-order valence-corrected chi connectivity index (χ4v) is 2.48. The van der Waals surface area contributed by atoms with Gasteiger partial charge in [-0.1, -0.05) is 29.8 Å². The van der Waals surface area contributed by atoms with Crippen molar-refractivity contribution in [3.8, 4) is 0 Å². The van der Waals surface area contributed by atoms with Gasteiger partial charge in [-0.15, -0.1) is 0 Å². The number of aryl methyl sites for hydroxylation is 1. The number of likely N-dealkylation sites (tertiary alicyclic amines) is 1. The molecular formula is C15H24N2. The van der Waals surface area contributed by atoms with Crippen LogP contribution in [0.5, 0.6) is 0 Å². The standard InChI is InChI=1S/C15H24N2/c1-12-4-6-14(7-5-12)13(2)16-15-8-10-17(3)11-9-15/h4-7,13,15-16H,8-11H2,1-3H3/t13-/m1/s1. The molecule has 2 nitrogen and oxygen atoms in total. The Balaban J connectivity index is 1.88. The molecule has 1 atom stereocenters. The van der Waals surface area contributed by atoms with Gasteiger partial charge in [-0.25, -0.2) is 0 Å². The summed E-state index contributed by atoms with van der Waals surface area (Å²) in [6.45, 7) is 6.85. The first-order valence-electron chi connectivity index (χ1n) is 6.66. The molecule has 1 N–H and O–H groups in total. The Labute approximate surface area is 105 Å². The van der Waals surface area contributed by atoms with Gasteiger partial charge < -0.3 is 10.2 Å². The largest absolute Gasteiger partial charge is 0.307 e. The average molecular weight is 232 g/mol. The maximum absolute atomic E-state index is 3.75. The van der Waals surface area contributed by atoms with E-state index in [-0.39, 0.29) is 0 Å². The van der Waals surface area contributed by atoms with Gasteiger partial charge in [-0.05, 0) is 52.4 Å².